The molecule has 0 aromatic carbocycles. The van der Waals surface area contributed by atoms with Gasteiger partial charge in [0.1, 0.15) is 11.4 Å². The van der Waals surface area contributed by atoms with Crippen molar-refractivity contribution in [3.8, 4) is 0 Å². The van der Waals surface area contributed by atoms with E-state index in [0.29, 0.717) is 12.2 Å². The normalized spacial score (nSPS) is 18.3. The third kappa shape index (κ3) is 3.27. The predicted octanol–water partition coefficient (Wildman–Crippen LogP) is 1.10. The summed E-state index contributed by atoms with van der Waals surface area (Å²) in [4.78, 5) is 28.3. The van der Waals surface area contributed by atoms with Crippen molar-refractivity contribution >= 4 is 17.8 Å². The maximum absolute atomic E-state index is 11.4. The zero-order valence-corrected chi connectivity index (χ0v) is 8.86. The van der Waals surface area contributed by atoms with Crippen LogP contribution in [-0.2, 0) is 9.59 Å². The number of nitrogens with zero attached hydrogens (tertiary/aromatic N) is 2. The van der Waals surface area contributed by atoms with E-state index in [9.17, 15) is 22.8 Å². The van der Waals surface area contributed by atoms with Gasteiger partial charge < -0.3 is 4.90 Å². The van der Waals surface area contributed by atoms with Gasteiger partial charge in [0.2, 0.25) is 11.6 Å². The summed E-state index contributed by atoms with van der Waals surface area (Å²) in [6, 6.07) is 0. The molecule has 0 fully saturated rings. The molecule has 2 rings (SSSR count). The van der Waals surface area contributed by atoms with Crippen molar-refractivity contribution in [2.24, 2.45) is 4.99 Å². The highest BCUT2D eigenvalue weighted by Crippen LogP contribution is 2.19. The molecule has 1 aliphatic heterocycles. The van der Waals surface area contributed by atoms with E-state index in [0.717, 1.165) is 0 Å². The molecule has 0 aromatic heterocycles. The van der Waals surface area contributed by atoms with Crippen LogP contribution in [0.4, 0.5) is 13.2 Å². The number of aliphatic imine (C=N–C) groups is 1. The van der Waals surface area contributed by atoms with Crippen LogP contribution in [0.5, 0.6) is 0 Å². The number of rotatable bonds is 0. The number of alkyl halides is 3. The summed E-state index contributed by atoms with van der Waals surface area (Å²) in [5.41, 5.74) is 0.677. The topological polar surface area (TPSA) is 49.7 Å². The van der Waals surface area contributed by atoms with Gasteiger partial charge in [0.25, 0.3) is 0 Å². The quantitative estimate of drug-likeness (QED) is 0.601. The van der Waals surface area contributed by atoms with E-state index in [1.54, 1.807) is 18.2 Å². The molecule has 0 saturated carbocycles. The van der Waals surface area contributed by atoms with Crippen molar-refractivity contribution in [1.29, 1.82) is 0 Å². The van der Waals surface area contributed by atoms with Crippen LogP contribution < -0.4 is 0 Å². The van der Waals surface area contributed by atoms with Crippen molar-refractivity contribution in [1.82, 2.24) is 4.90 Å². The van der Waals surface area contributed by atoms with Crippen LogP contribution in [-0.4, -0.2) is 43.0 Å². The molecule has 0 N–H and O–H groups in total. The summed E-state index contributed by atoms with van der Waals surface area (Å²) < 4.78 is 29.0. The standard InChI is InChI=1S/C9H8N2O2.CHF3/c1-11-5-4-10-8-6(12)2-3-7(13)9(8)11;2-1(3)4/h2-4H,5H2,1H3;1H. The average Bonchev–Trinajstić information content (AvgIpc) is 2.23. The summed E-state index contributed by atoms with van der Waals surface area (Å²) in [5.74, 6) is -0.341. The second-order valence-corrected chi connectivity index (χ2v) is 3.20. The van der Waals surface area contributed by atoms with Gasteiger partial charge in [0.05, 0.1) is 6.54 Å². The smallest absolute Gasteiger partial charge is 0.364 e. The Morgan fingerprint density at radius 2 is 1.76 bits per heavy atom. The maximum atomic E-state index is 11.4. The molecular weight excluding hydrogens is 237 g/mol. The van der Waals surface area contributed by atoms with Gasteiger partial charge in [-0.25, -0.2) is 0 Å². The summed E-state index contributed by atoms with van der Waals surface area (Å²) in [6.45, 7) is -3.09. The average molecular weight is 246 g/mol. The number of hydrogen-bond acceptors (Lipinski definition) is 4. The van der Waals surface area contributed by atoms with Crippen molar-refractivity contribution in [2.75, 3.05) is 13.6 Å². The zero-order chi connectivity index (χ0) is 13.0. The van der Waals surface area contributed by atoms with Gasteiger partial charge in [0.15, 0.2) is 0 Å². The van der Waals surface area contributed by atoms with Crippen LogP contribution >= 0.6 is 0 Å². The first-order valence-electron chi connectivity index (χ1n) is 4.60. The number of carbonyl (C=O) groups is 2. The Kier molecular flexibility index (Phi) is 4.19. The van der Waals surface area contributed by atoms with E-state index < -0.39 is 6.68 Å². The van der Waals surface area contributed by atoms with Gasteiger partial charge >= 0.3 is 6.68 Å². The number of halogens is 3. The van der Waals surface area contributed by atoms with Crippen molar-refractivity contribution in [3.05, 3.63) is 23.5 Å². The van der Waals surface area contributed by atoms with Crippen molar-refractivity contribution < 1.29 is 22.8 Å². The summed E-state index contributed by atoms with van der Waals surface area (Å²) in [6.07, 6.45) is 4.18. The molecule has 0 bridgehead atoms. The Labute approximate surface area is 95.1 Å². The first kappa shape index (κ1) is 13.1. The summed E-state index contributed by atoms with van der Waals surface area (Å²) in [5, 5.41) is 0. The van der Waals surface area contributed by atoms with Gasteiger partial charge in [-0.2, -0.15) is 13.2 Å². The number of allylic oxidation sites excluding steroid dienone is 2. The lowest BCUT2D eigenvalue weighted by Crippen LogP contribution is -2.32. The molecular formula is C10H9F3N2O2. The molecule has 92 valence electrons. The van der Waals surface area contributed by atoms with E-state index in [1.165, 1.54) is 12.2 Å². The second-order valence-electron chi connectivity index (χ2n) is 3.20. The largest absolute Gasteiger partial charge is 0.379 e. The molecule has 0 atom stereocenters. The Balaban J connectivity index is 0.000000317. The van der Waals surface area contributed by atoms with E-state index in [2.05, 4.69) is 4.99 Å². The monoisotopic (exact) mass is 246 g/mol. The lowest BCUT2D eigenvalue weighted by Gasteiger charge is -2.24. The molecule has 0 saturated heterocycles. The summed E-state index contributed by atoms with van der Waals surface area (Å²) >= 11 is 0. The first-order chi connectivity index (χ1) is 7.93. The SMILES string of the molecule is CN1CC=NC2=C1C(=O)C=CC2=O.FC(F)F. The summed E-state index contributed by atoms with van der Waals surface area (Å²) in [7, 11) is 1.77. The lowest BCUT2D eigenvalue weighted by molar-refractivity contribution is -0.116. The van der Waals surface area contributed by atoms with Gasteiger partial charge in [-0.15, -0.1) is 0 Å². The molecule has 0 aromatic rings. The second kappa shape index (κ2) is 5.42. The molecule has 17 heavy (non-hydrogen) atoms. The Morgan fingerprint density at radius 1 is 1.24 bits per heavy atom. The van der Waals surface area contributed by atoms with Gasteiger partial charge in [-0.3, -0.25) is 14.6 Å². The number of carbonyl (C=O) groups excluding carboxylic acids is 2. The molecule has 7 heteroatoms. The third-order valence-electron chi connectivity index (χ3n) is 2.03. The van der Waals surface area contributed by atoms with Crippen LogP contribution in [0.25, 0.3) is 0 Å². The van der Waals surface area contributed by atoms with Crippen molar-refractivity contribution in [2.45, 2.75) is 6.68 Å². The van der Waals surface area contributed by atoms with E-state index >= 15 is 0 Å². The molecule has 0 radical (unpaired) electrons. The van der Waals surface area contributed by atoms with Crippen molar-refractivity contribution in [3.63, 3.8) is 0 Å². The Morgan fingerprint density at radius 3 is 2.29 bits per heavy atom. The Bertz CT molecular complexity index is 425. The fourth-order valence-electron chi connectivity index (χ4n) is 1.38. The number of hydrogen-bond donors (Lipinski definition) is 0. The zero-order valence-electron chi connectivity index (χ0n) is 8.86. The minimum atomic E-state index is -3.67. The van der Waals surface area contributed by atoms with Gasteiger partial charge in [-0.1, -0.05) is 0 Å². The van der Waals surface area contributed by atoms with Crippen LogP contribution in [0.2, 0.25) is 0 Å². The first-order valence-corrected chi connectivity index (χ1v) is 4.60. The maximum Gasteiger partial charge on any atom is 0.379 e. The molecule has 1 heterocycles. The molecule has 0 unspecified atom stereocenters. The van der Waals surface area contributed by atoms with E-state index in [1.807, 2.05) is 0 Å². The highest BCUT2D eigenvalue weighted by Gasteiger charge is 2.26. The third-order valence-corrected chi connectivity index (χ3v) is 2.03. The molecule has 4 nitrogen and oxygen atoms in total. The predicted molar refractivity (Wildman–Crippen MR) is 54.4 cm³/mol. The lowest BCUT2D eigenvalue weighted by atomic mass is 10.0. The van der Waals surface area contributed by atoms with Crippen LogP contribution in [0.1, 0.15) is 0 Å². The highest BCUT2D eigenvalue weighted by molar-refractivity contribution is 6.20. The minimum Gasteiger partial charge on any atom is -0.364 e. The van der Waals surface area contributed by atoms with Crippen LogP contribution in [0.15, 0.2) is 28.5 Å². The molecule has 0 spiro atoms. The molecule has 1 aliphatic carbocycles. The minimum absolute atomic E-state index is 0.144. The van der Waals surface area contributed by atoms with E-state index in [4.69, 9.17) is 0 Å². The number of ketones is 2. The molecule has 0 amide bonds. The molecule has 2 aliphatic rings. The van der Waals surface area contributed by atoms with Gasteiger partial charge in [-0.05, 0) is 12.2 Å². The van der Waals surface area contributed by atoms with E-state index in [-0.39, 0.29) is 17.3 Å². The number of likely N-dealkylation sites (N-methyl/N-ethyl adjacent to an activating group) is 1. The van der Waals surface area contributed by atoms with Crippen LogP contribution in [0.3, 0.4) is 0 Å². The highest BCUT2D eigenvalue weighted by atomic mass is 19.4. The fraction of sp³-hybridized carbons (Fsp3) is 0.300. The van der Waals surface area contributed by atoms with Crippen LogP contribution in [0, 0.1) is 0 Å². The van der Waals surface area contributed by atoms with Gasteiger partial charge in [0, 0.05) is 13.3 Å². The fourth-order valence-corrected chi connectivity index (χ4v) is 1.38. The Hall–Kier alpha value is -1.92.